The normalized spacial score (nSPS) is 20.8. The van der Waals surface area contributed by atoms with E-state index in [4.69, 9.17) is 4.74 Å². The molecule has 0 aliphatic carbocycles. The monoisotopic (exact) mass is 224 g/mol. The van der Waals surface area contributed by atoms with Gasteiger partial charge in [0, 0.05) is 18.2 Å². The second-order valence-corrected chi connectivity index (χ2v) is 4.15. The van der Waals surface area contributed by atoms with Gasteiger partial charge in [-0.2, -0.15) is 12.6 Å². The van der Waals surface area contributed by atoms with Crippen LogP contribution in [0.1, 0.15) is 6.42 Å². The average Bonchev–Trinajstić information content (AvgIpc) is 2.58. The molecule has 0 N–H and O–H groups in total. The lowest BCUT2D eigenvalue weighted by molar-refractivity contribution is -0.117. The van der Waals surface area contributed by atoms with E-state index in [0.29, 0.717) is 24.5 Å². The number of hydrogen-bond acceptors (Lipinski definition) is 4. The fraction of sp³-hybridized carbons (Fsp3) is 0.400. The fourth-order valence-electron chi connectivity index (χ4n) is 1.56. The molecule has 0 bridgehead atoms. The molecule has 1 saturated heterocycles. The van der Waals surface area contributed by atoms with Gasteiger partial charge in [-0.25, -0.2) is 4.98 Å². The standard InChI is InChI=1S/C10H12N2O2S/c1-14-7-2-3-9(11-5-7)12-6-8(15)4-10(12)13/h2-3,5,8,15H,4,6H2,1H3. The van der Waals surface area contributed by atoms with E-state index in [0.717, 1.165) is 0 Å². The van der Waals surface area contributed by atoms with Crippen LogP contribution in [0.4, 0.5) is 5.82 Å². The first-order chi connectivity index (χ1) is 7.20. The smallest absolute Gasteiger partial charge is 0.229 e. The van der Waals surface area contributed by atoms with Crippen LogP contribution in [0.15, 0.2) is 18.3 Å². The van der Waals surface area contributed by atoms with Crippen molar-refractivity contribution in [2.75, 3.05) is 18.6 Å². The van der Waals surface area contributed by atoms with E-state index < -0.39 is 0 Å². The third kappa shape index (κ3) is 2.07. The van der Waals surface area contributed by atoms with Crippen molar-refractivity contribution in [3.05, 3.63) is 18.3 Å². The van der Waals surface area contributed by atoms with Crippen molar-refractivity contribution in [3.63, 3.8) is 0 Å². The Hall–Kier alpha value is -1.23. The Morgan fingerprint density at radius 3 is 2.87 bits per heavy atom. The van der Waals surface area contributed by atoms with Crippen LogP contribution in [-0.2, 0) is 4.79 Å². The third-order valence-corrected chi connectivity index (χ3v) is 2.68. The van der Waals surface area contributed by atoms with Crippen molar-refractivity contribution >= 4 is 24.4 Å². The largest absolute Gasteiger partial charge is 0.495 e. The maximum atomic E-state index is 11.5. The van der Waals surface area contributed by atoms with Gasteiger partial charge in [-0.15, -0.1) is 0 Å². The summed E-state index contributed by atoms with van der Waals surface area (Å²) in [7, 11) is 1.58. The zero-order chi connectivity index (χ0) is 10.8. The number of amides is 1. The molecule has 0 saturated carbocycles. The lowest BCUT2D eigenvalue weighted by Gasteiger charge is -2.14. The molecule has 1 aromatic rings. The minimum atomic E-state index is 0.0765. The van der Waals surface area contributed by atoms with Crippen LogP contribution in [0.2, 0.25) is 0 Å². The summed E-state index contributed by atoms with van der Waals surface area (Å²) in [6, 6.07) is 3.57. The van der Waals surface area contributed by atoms with Crippen molar-refractivity contribution in [3.8, 4) is 5.75 Å². The number of carbonyl (C=O) groups is 1. The van der Waals surface area contributed by atoms with Gasteiger partial charge in [0.15, 0.2) is 0 Å². The molecule has 1 aliphatic heterocycles. The van der Waals surface area contributed by atoms with Crippen LogP contribution >= 0.6 is 12.6 Å². The molecule has 2 rings (SSSR count). The zero-order valence-corrected chi connectivity index (χ0v) is 9.28. The first-order valence-corrected chi connectivity index (χ1v) is 5.21. The van der Waals surface area contributed by atoms with E-state index in [-0.39, 0.29) is 11.2 Å². The summed E-state index contributed by atoms with van der Waals surface area (Å²) in [5, 5.41) is 0.112. The second-order valence-electron chi connectivity index (χ2n) is 3.42. The van der Waals surface area contributed by atoms with Crippen molar-refractivity contribution in [2.45, 2.75) is 11.7 Å². The van der Waals surface area contributed by atoms with Crippen molar-refractivity contribution < 1.29 is 9.53 Å². The van der Waals surface area contributed by atoms with Crippen molar-refractivity contribution in [1.82, 2.24) is 4.98 Å². The molecule has 5 heteroatoms. The Morgan fingerprint density at radius 2 is 2.40 bits per heavy atom. The van der Waals surface area contributed by atoms with Gasteiger partial charge in [0.05, 0.1) is 13.3 Å². The van der Waals surface area contributed by atoms with Gasteiger partial charge in [0.1, 0.15) is 11.6 Å². The van der Waals surface area contributed by atoms with Crippen LogP contribution in [0, 0.1) is 0 Å². The Kier molecular flexibility index (Phi) is 2.81. The van der Waals surface area contributed by atoms with Crippen molar-refractivity contribution in [2.24, 2.45) is 0 Å². The molecule has 0 spiro atoms. The van der Waals surface area contributed by atoms with Gasteiger partial charge in [0.25, 0.3) is 0 Å². The Bertz CT molecular complexity index is 366. The topological polar surface area (TPSA) is 42.4 Å². The number of ether oxygens (including phenoxy) is 1. The third-order valence-electron chi connectivity index (χ3n) is 2.34. The van der Waals surface area contributed by atoms with Gasteiger partial charge in [-0.3, -0.25) is 9.69 Å². The maximum absolute atomic E-state index is 11.5. The molecule has 80 valence electrons. The van der Waals surface area contributed by atoms with E-state index >= 15 is 0 Å². The van der Waals surface area contributed by atoms with E-state index in [1.807, 2.05) is 0 Å². The van der Waals surface area contributed by atoms with E-state index in [1.54, 1.807) is 30.3 Å². The molecule has 1 amide bonds. The predicted octanol–water partition coefficient (Wildman–Crippen LogP) is 1.13. The van der Waals surface area contributed by atoms with Gasteiger partial charge < -0.3 is 4.74 Å². The molecular formula is C10H12N2O2S. The Labute approximate surface area is 93.7 Å². The minimum absolute atomic E-state index is 0.0765. The first kappa shape index (κ1) is 10.3. The molecule has 1 aromatic heterocycles. The zero-order valence-electron chi connectivity index (χ0n) is 8.38. The molecule has 0 aromatic carbocycles. The molecule has 4 nitrogen and oxygen atoms in total. The molecule has 2 heterocycles. The van der Waals surface area contributed by atoms with Crippen molar-refractivity contribution in [1.29, 1.82) is 0 Å². The number of aromatic nitrogens is 1. The lowest BCUT2D eigenvalue weighted by Crippen LogP contribution is -2.25. The number of methoxy groups -OCH3 is 1. The second kappa shape index (κ2) is 4.10. The van der Waals surface area contributed by atoms with Gasteiger partial charge in [-0.1, -0.05) is 0 Å². The number of anilines is 1. The van der Waals surface area contributed by atoms with Crippen LogP contribution in [0.3, 0.4) is 0 Å². The lowest BCUT2D eigenvalue weighted by atomic mass is 10.4. The highest BCUT2D eigenvalue weighted by Gasteiger charge is 2.28. The van der Waals surface area contributed by atoms with Crippen LogP contribution in [-0.4, -0.2) is 29.8 Å². The number of pyridine rings is 1. The molecule has 1 aliphatic rings. The summed E-state index contributed by atoms with van der Waals surface area (Å²) in [6.07, 6.45) is 2.09. The molecule has 15 heavy (non-hydrogen) atoms. The summed E-state index contributed by atoms with van der Waals surface area (Å²) in [5.41, 5.74) is 0. The number of thiol groups is 1. The molecule has 0 radical (unpaired) electrons. The highest BCUT2D eigenvalue weighted by atomic mass is 32.1. The number of nitrogens with zero attached hydrogens (tertiary/aromatic N) is 2. The number of hydrogen-bond donors (Lipinski definition) is 1. The van der Waals surface area contributed by atoms with Crippen LogP contribution in [0.25, 0.3) is 0 Å². The summed E-state index contributed by atoms with van der Waals surface area (Å²) < 4.78 is 5.00. The maximum Gasteiger partial charge on any atom is 0.229 e. The predicted molar refractivity (Wildman–Crippen MR) is 60.5 cm³/mol. The Morgan fingerprint density at radius 1 is 1.60 bits per heavy atom. The number of rotatable bonds is 2. The quantitative estimate of drug-likeness (QED) is 0.766. The summed E-state index contributed by atoms with van der Waals surface area (Å²) in [4.78, 5) is 17.4. The van der Waals surface area contributed by atoms with Gasteiger partial charge in [-0.05, 0) is 12.1 Å². The molecule has 1 atom stereocenters. The summed E-state index contributed by atoms with van der Waals surface area (Å²) in [5.74, 6) is 1.43. The van der Waals surface area contributed by atoms with E-state index in [9.17, 15) is 4.79 Å². The fourth-order valence-corrected chi connectivity index (χ4v) is 1.88. The Balaban J connectivity index is 2.19. The minimum Gasteiger partial charge on any atom is -0.495 e. The highest BCUT2D eigenvalue weighted by Crippen LogP contribution is 2.23. The number of carbonyl (C=O) groups excluding carboxylic acids is 1. The molecule has 1 fully saturated rings. The first-order valence-electron chi connectivity index (χ1n) is 4.69. The van der Waals surface area contributed by atoms with Gasteiger partial charge in [0.2, 0.25) is 5.91 Å². The van der Waals surface area contributed by atoms with Gasteiger partial charge >= 0.3 is 0 Å². The van der Waals surface area contributed by atoms with E-state index in [2.05, 4.69) is 17.6 Å². The van der Waals surface area contributed by atoms with Crippen LogP contribution in [0.5, 0.6) is 5.75 Å². The summed E-state index contributed by atoms with van der Waals surface area (Å²) in [6.45, 7) is 0.626. The molecule has 1 unspecified atom stereocenters. The van der Waals surface area contributed by atoms with Crippen LogP contribution < -0.4 is 9.64 Å². The summed E-state index contributed by atoms with van der Waals surface area (Å²) >= 11 is 4.28. The SMILES string of the molecule is COc1ccc(N2CC(S)CC2=O)nc1. The highest BCUT2D eigenvalue weighted by molar-refractivity contribution is 7.81. The molecular weight excluding hydrogens is 212 g/mol. The average molecular weight is 224 g/mol. The van der Waals surface area contributed by atoms with E-state index in [1.165, 1.54) is 0 Å².